The number of rotatable bonds is 7. The number of carbonyl (C=O) groups excluding carboxylic acids is 1. The van der Waals surface area contributed by atoms with Crippen LogP contribution in [-0.4, -0.2) is 48.3 Å². The summed E-state index contributed by atoms with van der Waals surface area (Å²) >= 11 is 0. The van der Waals surface area contributed by atoms with Gasteiger partial charge in [-0.25, -0.2) is 0 Å². The number of likely N-dealkylation sites (tertiary alicyclic amines) is 1. The van der Waals surface area contributed by atoms with Crippen LogP contribution in [0.4, 0.5) is 0 Å². The molecule has 0 aromatic carbocycles. The van der Waals surface area contributed by atoms with Crippen LogP contribution in [0.2, 0.25) is 0 Å². The van der Waals surface area contributed by atoms with Gasteiger partial charge in [0.05, 0.1) is 12.7 Å². The summed E-state index contributed by atoms with van der Waals surface area (Å²) in [5.41, 5.74) is 0. The Morgan fingerprint density at radius 2 is 2.29 bits per heavy atom. The zero-order valence-electron chi connectivity index (χ0n) is 11.0. The lowest BCUT2D eigenvalue weighted by Crippen LogP contribution is -2.25. The number of aliphatic hydroxyl groups excluding tert-OH is 1. The molecule has 0 saturated carbocycles. The van der Waals surface area contributed by atoms with Gasteiger partial charge in [0.2, 0.25) is 0 Å². The van der Waals surface area contributed by atoms with Gasteiger partial charge in [0.15, 0.2) is 0 Å². The molecule has 1 N–H and O–H groups in total. The first-order valence-electron chi connectivity index (χ1n) is 6.69. The van der Waals surface area contributed by atoms with Crippen LogP contribution in [0.3, 0.4) is 0 Å². The Morgan fingerprint density at radius 1 is 1.53 bits per heavy atom. The van der Waals surface area contributed by atoms with Gasteiger partial charge >= 0.3 is 5.97 Å². The van der Waals surface area contributed by atoms with E-state index in [1.807, 2.05) is 13.8 Å². The van der Waals surface area contributed by atoms with Gasteiger partial charge < -0.3 is 14.7 Å². The van der Waals surface area contributed by atoms with E-state index in [0.29, 0.717) is 18.9 Å². The fourth-order valence-corrected chi connectivity index (χ4v) is 2.30. The van der Waals surface area contributed by atoms with E-state index in [9.17, 15) is 9.90 Å². The van der Waals surface area contributed by atoms with Crippen molar-refractivity contribution in [3.05, 3.63) is 0 Å². The van der Waals surface area contributed by atoms with Crippen molar-refractivity contribution in [2.45, 2.75) is 45.6 Å². The Labute approximate surface area is 104 Å². The van der Waals surface area contributed by atoms with Gasteiger partial charge in [0.25, 0.3) is 0 Å². The van der Waals surface area contributed by atoms with Crippen LogP contribution in [0.25, 0.3) is 0 Å². The largest absolute Gasteiger partial charge is 0.466 e. The maximum absolute atomic E-state index is 11.1. The third-order valence-corrected chi connectivity index (χ3v) is 3.40. The number of hydrogen-bond acceptors (Lipinski definition) is 4. The molecule has 1 heterocycles. The molecular formula is C13H25NO3. The maximum Gasteiger partial charge on any atom is 0.305 e. The number of carbonyl (C=O) groups is 1. The van der Waals surface area contributed by atoms with Gasteiger partial charge in [-0.15, -0.1) is 0 Å². The van der Waals surface area contributed by atoms with Crippen LogP contribution in [0.5, 0.6) is 0 Å². The van der Waals surface area contributed by atoms with E-state index in [0.717, 1.165) is 38.9 Å². The minimum Gasteiger partial charge on any atom is -0.466 e. The average molecular weight is 243 g/mol. The minimum absolute atomic E-state index is 0.0872. The van der Waals surface area contributed by atoms with E-state index >= 15 is 0 Å². The molecule has 100 valence electrons. The molecule has 4 nitrogen and oxygen atoms in total. The summed E-state index contributed by atoms with van der Waals surface area (Å²) in [5, 5.41) is 9.49. The molecule has 1 fully saturated rings. The van der Waals surface area contributed by atoms with Crippen molar-refractivity contribution >= 4 is 5.97 Å². The molecule has 0 radical (unpaired) electrons. The van der Waals surface area contributed by atoms with Crippen LogP contribution < -0.4 is 0 Å². The zero-order chi connectivity index (χ0) is 12.7. The fourth-order valence-electron chi connectivity index (χ4n) is 2.30. The monoisotopic (exact) mass is 243 g/mol. The lowest BCUT2D eigenvalue weighted by molar-refractivity contribution is -0.143. The lowest BCUT2D eigenvalue weighted by Gasteiger charge is -2.16. The van der Waals surface area contributed by atoms with Gasteiger partial charge in [-0.3, -0.25) is 4.79 Å². The van der Waals surface area contributed by atoms with E-state index in [4.69, 9.17) is 4.74 Å². The molecule has 0 spiro atoms. The maximum atomic E-state index is 11.1. The van der Waals surface area contributed by atoms with Gasteiger partial charge in [-0.1, -0.05) is 0 Å². The summed E-state index contributed by atoms with van der Waals surface area (Å²) in [7, 11) is 0. The van der Waals surface area contributed by atoms with E-state index in [1.54, 1.807) is 0 Å². The number of nitrogens with zero attached hydrogens (tertiary/aromatic N) is 1. The Kier molecular flexibility index (Phi) is 6.52. The molecule has 17 heavy (non-hydrogen) atoms. The first-order valence-corrected chi connectivity index (χ1v) is 6.69. The summed E-state index contributed by atoms with van der Waals surface area (Å²) in [6.07, 6.45) is 3.36. The van der Waals surface area contributed by atoms with Crippen LogP contribution in [0.1, 0.15) is 39.5 Å². The fraction of sp³-hybridized carbons (Fsp3) is 0.923. The quantitative estimate of drug-likeness (QED) is 0.543. The summed E-state index contributed by atoms with van der Waals surface area (Å²) in [6, 6.07) is 0. The first kappa shape index (κ1) is 14.5. The topological polar surface area (TPSA) is 49.8 Å². The average Bonchev–Trinajstić information content (AvgIpc) is 2.73. The molecule has 1 aliphatic rings. The highest BCUT2D eigenvalue weighted by molar-refractivity contribution is 5.69. The molecule has 0 aromatic rings. The van der Waals surface area contributed by atoms with Crippen LogP contribution >= 0.6 is 0 Å². The smallest absolute Gasteiger partial charge is 0.305 e. The zero-order valence-corrected chi connectivity index (χ0v) is 11.0. The first-order chi connectivity index (χ1) is 8.13. The van der Waals surface area contributed by atoms with Crippen molar-refractivity contribution in [3.8, 4) is 0 Å². The molecule has 1 saturated heterocycles. The van der Waals surface area contributed by atoms with Crippen LogP contribution in [-0.2, 0) is 9.53 Å². The molecule has 4 heteroatoms. The van der Waals surface area contributed by atoms with Crippen LogP contribution in [0.15, 0.2) is 0 Å². The van der Waals surface area contributed by atoms with Crippen molar-refractivity contribution in [1.82, 2.24) is 4.90 Å². The molecule has 0 amide bonds. The summed E-state index contributed by atoms with van der Waals surface area (Å²) in [5.74, 6) is 0.343. The van der Waals surface area contributed by atoms with E-state index in [-0.39, 0.29) is 12.1 Å². The van der Waals surface area contributed by atoms with Crippen LogP contribution in [0, 0.1) is 5.92 Å². The summed E-state index contributed by atoms with van der Waals surface area (Å²) < 4.78 is 4.88. The van der Waals surface area contributed by atoms with Gasteiger partial charge in [0.1, 0.15) is 0 Å². The van der Waals surface area contributed by atoms with Crippen molar-refractivity contribution in [2.24, 2.45) is 5.92 Å². The third kappa shape index (κ3) is 5.50. The molecular weight excluding hydrogens is 218 g/mol. The van der Waals surface area contributed by atoms with Gasteiger partial charge in [-0.2, -0.15) is 0 Å². The lowest BCUT2D eigenvalue weighted by atomic mass is 10.0. The molecule has 2 unspecified atom stereocenters. The minimum atomic E-state index is -0.195. The van der Waals surface area contributed by atoms with Crippen molar-refractivity contribution in [2.75, 3.05) is 26.2 Å². The SMILES string of the molecule is CCOC(=O)CCCCN1CCC(C(C)O)C1. The number of unbranched alkanes of at least 4 members (excludes halogenated alkanes) is 1. The molecule has 0 aromatic heterocycles. The van der Waals surface area contributed by atoms with Crippen molar-refractivity contribution in [1.29, 1.82) is 0 Å². The number of ether oxygens (including phenoxy) is 1. The summed E-state index contributed by atoms with van der Waals surface area (Å²) in [4.78, 5) is 13.5. The number of hydrogen-bond donors (Lipinski definition) is 1. The standard InChI is InChI=1S/C13H25NO3/c1-3-17-13(16)6-4-5-8-14-9-7-12(10-14)11(2)15/h11-12,15H,3-10H2,1-2H3. The second kappa shape index (κ2) is 7.67. The normalized spacial score (nSPS) is 22.6. The van der Waals surface area contributed by atoms with E-state index < -0.39 is 0 Å². The Balaban J connectivity index is 2.02. The second-order valence-electron chi connectivity index (χ2n) is 4.85. The van der Waals surface area contributed by atoms with E-state index in [1.165, 1.54) is 0 Å². The third-order valence-electron chi connectivity index (χ3n) is 3.40. The molecule has 0 bridgehead atoms. The van der Waals surface area contributed by atoms with Crippen molar-refractivity contribution in [3.63, 3.8) is 0 Å². The predicted octanol–water partition coefficient (Wildman–Crippen LogP) is 1.42. The number of aliphatic hydroxyl groups is 1. The molecule has 1 rings (SSSR count). The van der Waals surface area contributed by atoms with E-state index in [2.05, 4.69) is 4.90 Å². The second-order valence-corrected chi connectivity index (χ2v) is 4.85. The molecule has 2 atom stereocenters. The Morgan fingerprint density at radius 3 is 2.88 bits per heavy atom. The predicted molar refractivity (Wildman–Crippen MR) is 66.7 cm³/mol. The van der Waals surface area contributed by atoms with Crippen molar-refractivity contribution < 1.29 is 14.6 Å². The Bertz CT molecular complexity index is 231. The number of esters is 1. The van der Waals surface area contributed by atoms with Gasteiger partial charge in [-0.05, 0) is 52.1 Å². The molecule has 0 aliphatic carbocycles. The summed E-state index contributed by atoms with van der Waals surface area (Å²) in [6.45, 7) is 7.28. The highest BCUT2D eigenvalue weighted by Gasteiger charge is 2.25. The Hall–Kier alpha value is -0.610. The van der Waals surface area contributed by atoms with Gasteiger partial charge in [0, 0.05) is 13.0 Å². The highest BCUT2D eigenvalue weighted by Crippen LogP contribution is 2.19. The highest BCUT2D eigenvalue weighted by atomic mass is 16.5. The molecule has 1 aliphatic heterocycles.